The number of nitriles is 1. The highest BCUT2D eigenvalue weighted by molar-refractivity contribution is 7.94. The van der Waals surface area contributed by atoms with Crippen LogP contribution >= 0.6 is 11.3 Å². The Morgan fingerprint density at radius 2 is 2.11 bits per heavy atom. The predicted octanol–water partition coefficient (Wildman–Crippen LogP) is 3.51. The van der Waals surface area contributed by atoms with Crippen LogP contribution in [0.3, 0.4) is 0 Å². The summed E-state index contributed by atoms with van der Waals surface area (Å²) in [5, 5.41) is 12.1. The van der Waals surface area contributed by atoms with E-state index in [4.69, 9.17) is 5.26 Å². The standard InChI is InChI=1S/C17H14F3N3O3S2/c1-2-28(25,26)6-5-15(24)23-16-22-10-13(27-16)8-12-4-3-11(9-21)7-14(12)17(18,19)20/h2-4,7,10H,1,5-6,8H2,(H,22,23,24). The summed E-state index contributed by atoms with van der Waals surface area (Å²) in [5.74, 6) is -0.985. The molecule has 0 saturated carbocycles. The van der Waals surface area contributed by atoms with Gasteiger partial charge >= 0.3 is 6.18 Å². The van der Waals surface area contributed by atoms with Gasteiger partial charge in [0.1, 0.15) is 0 Å². The zero-order valence-corrected chi connectivity index (χ0v) is 15.9. The number of hydrogen-bond donors (Lipinski definition) is 1. The van der Waals surface area contributed by atoms with Crippen LogP contribution in [-0.2, 0) is 27.2 Å². The Morgan fingerprint density at radius 3 is 2.71 bits per heavy atom. The minimum absolute atomic E-state index is 0.0231. The van der Waals surface area contributed by atoms with Crippen LogP contribution in [0.2, 0.25) is 0 Å². The van der Waals surface area contributed by atoms with Crippen molar-refractivity contribution in [3.05, 3.63) is 58.0 Å². The molecule has 0 aliphatic rings. The molecule has 11 heteroatoms. The van der Waals surface area contributed by atoms with E-state index in [0.717, 1.165) is 22.8 Å². The van der Waals surface area contributed by atoms with Gasteiger partial charge in [0.2, 0.25) is 5.91 Å². The second kappa shape index (κ2) is 8.53. The maximum atomic E-state index is 13.2. The fourth-order valence-electron chi connectivity index (χ4n) is 2.20. The lowest BCUT2D eigenvalue weighted by Crippen LogP contribution is -2.15. The highest BCUT2D eigenvalue weighted by Crippen LogP contribution is 2.34. The van der Waals surface area contributed by atoms with E-state index in [1.54, 1.807) is 6.07 Å². The van der Waals surface area contributed by atoms with Crippen molar-refractivity contribution in [3.8, 4) is 6.07 Å². The Bertz CT molecular complexity index is 1040. The molecule has 0 radical (unpaired) electrons. The molecule has 1 aromatic heterocycles. The van der Waals surface area contributed by atoms with Crippen LogP contribution in [0.25, 0.3) is 0 Å². The summed E-state index contributed by atoms with van der Waals surface area (Å²) in [4.78, 5) is 16.2. The van der Waals surface area contributed by atoms with Gasteiger partial charge in [-0.15, -0.1) is 11.3 Å². The van der Waals surface area contributed by atoms with E-state index < -0.39 is 33.2 Å². The molecule has 0 aliphatic carbocycles. The van der Waals surface area contributed by atoms with Crippen molar-refractivity contribution in [2.45, 2.75) is 19.0 Å². The van der Waals surface area contributed by atoms with E-state index in [9.17, 15) is 26.4 Å². The molecule has 1 heterocycles. The number of anilines is 1. The number of nitrogens with one attached hydrogen (secondary N) is 1. The highest BCUT2D eigenvalue weighted by Gasteiger charge is 2.33. The second-order valence-electron chi connectivity index (χ2n) is 5.62. The van der Waals surface area contributed by atoms with Gasteiger partial charge in [-0.3, -0.25) is 4.79 Å². The molecular weight excluding hydrogens is 415 g/mol. The highest BCUT2D eigenvalue weighted by atomic mass is 32.2. The summed E-state index contributed by atoms with van der Waals surface area (Å²) in [5.41, 5.74) is -1.02. The Labute approximate surface area is 163 Å². The third-order valence-corrected chi connectivity index (χ3v) is 5.77. The van der Waals surface area contributed by atoms with Crippen LogP contribution in [0.5, 0.6) is 0 Å². The quantitative estimate of drug-likeness (QED) is 0.726. The Balaban J connectivity index is 2.10. The van der Waals surface area contributed by atoms with Gasteiger partial charge in [0.15, 0.2) is 15.0 Å². The molecule has 0 atom stereocenters. The molecule has 2 aromatic rings. The topological polar surface area (TPSA) is 99.9 Å². The predicted molar refractivity (Wildman–Crippen MR) is 98.3 cm³/mol. The number of carbonyl (C=O) groups excluding carboxylic acids is 1. The van der Waals surface area contributed by atoms with Gasteiger partial charge in [0.25, 0.3) is 0 Å². The first-order chi connectivity index (χ1) is 13.0. The molecule has 2 rings (SSSR count). The summed E-state index contributed by atoms with van der Waals surface area (Å²) < 4.78 is 62.3. The normalized spacial score (nSPS) is 11.6. The largest absolute Gasteiger partial charge is 0.416 e. The van der Waals surface area contributed by atoms with Crippen molar-refractivity contribution in [2.75, 3.05) is 11.1 Å². The first-order valence-corrected chi connectivity index (χ1v) is 10.3. The van der Waals surface area contributed by atoms with Crippen LogP contribution in [0.1, 0.15) is 28.0 Å². The molecule has 1 amide bonds. The van der Waals surface area contributed by atoms with Crippen LogP contribution in [0.15, 0.2) is 36.4 Å². The maximum absolute atomic E-state index is 13.2. The van der Waals surface area contributed by atoms with E-state index in [2.05, 4.69) is 16.9 Å². The van der Waals surface area contributed by atoms with E-state index in [0.29, 0.717) is 4.88 Å². The first kappa shape index (κ1) is 21.6. The number of nitrogens with zero attached hydrogens (tertiary/aromatic N) is 2. The number of benzene rings is 1. The lowest BCUT2D eigenvalue weighted by Gasteiger charge is -2.12. The molecule has 0 spiro atoms. The van der Waals surface area contributed by atoms with Crippen molar-refractivity contribution in [3.63, 3.8) is 0 Å². The van der Waals surface area contributed by atoms with Gasteiger partial charge in [-0.2, -0.15) is 18.4 Å². The minimum atomic E-state index is -4.61. The van der Waals surface area contributed by atoms with Crippen molar-refractivity contribution in [1.82, 2.24) is 4.98 Å². The van der Waals surface area contributed by atoms with Crippen molar-refractivity contribution >= 4 is 32.2 Å². The summed E-state index contributed by atoms with van der Waals surface area (Å²) in [6, 6.07) is 5.00. The molecule has 1 N–H and O–H groups in total. The molecule has 0 bridgehead atoms. The number of alkyl halides is 3. The van der Waals surface area contributed by atoms with Gasteiger partial charge in [-0.1, -0.05) is 12.6 Å². The number of hydrogen-bond acceptors (Lipinski definition) is 6. The van der Waals surface area contributed by atoms with Gasteiger partial charge < -0.3 is 5.32 Å². The Morgan fingerprint density at radius 1 is 1.39 bits per heavy atom. The summed E-state index contributed by atoms with van der Waals surface area (Å²) in [6.45, 7) is 3.14. The lowest BCUT2D eigenvalue weighted by molar-refractivity contribution is -0.138. The molecule has 0 fully saturated rings. The maximum Gasteiger partial charge on any atom is 0.416 e. The molecular formula is C17H14F3N3O3S2. The molecule has 28 heavy (non-hydrogen) atoms. The van der Waals surface area contributed by atoms with Crippen molar-refractivity contribution < 1.29 is 26.4 Å². The number of carbonyl (C=O) groups is 1. The minimum Gasteiger partial charge on any atom is -0.302 e. The Hall–Kier alpha value is -2.71. The fraction of sp³-hybridized carbons (Fsp3) is 0.235. The van der Waals surface area contributed by atoms with Gasteiger partial charge in [0, 0.05) is 29.3 Å². The van der Waals surface area contributed by atoms with Crippen LogP contribution in [0.4, 0.5) is 18.3 Å². The monoisotopic (exact) mass is 429 g/mol. The summed E-state index contributed by atoms with van der Waals surface area (Å²) in [6.07, 6.45) is -3.66. The lowest BCUT2D eigenvalue weighted by atomic mass is 10.0. The molecule has 0 saturated heterocycles. The Kier molecular flexibility index (Phi) is 6.58. The number of thiazole rings is 1. The smallest absolute Gasteiger partial charge is 0.302 e. The number of amides is 1. The number of aromatic nitrogens is 1. The third kappa shape index (κ3) is 5.90. The van der Waals surface area contributed by atoms with Crippen molar-refractivity contribution in [1.29, 1.82) is 5.26 Å². The first-order valence-electron chi connectivity index (χ1n) is 7.74. The molecule has 6 nitrogen and oxygen atoms in total. The van der Waals surface area contributed by atoms with Gasteiger partial charge in [-0.05, 0) is 17.7 Å². The number of rotatable bonds is 7. The second-order valence-corrected chi connectivity index (χ2v) is 8.80. The average molecular weight is 429 g/mol. The average Bonchev–Trinajstić information content (AvgIpc) is 3.06. The van der Waals surface area contributed by atoms with E-state index >= 15 is 0 Å². The fourth-order valence-corrected chi connectivity index (χ4v) is 3.69. The molecule has 148 valence electrons. The van der Waals surface area contributed by atoms with E-state index in [1.807, 2.05) is 0 Å². The zero-order chi connectivity index (χ0) is 20.9. The number of halogens is 3. The van der Waals surface area contributed by atoms with E-state index in [1.165, 1.54) is 18.3 Å². The third-order valence-electron chi connectivity index (χ3n) is 3.58. The SMILES string of the molecule is C=CS(=O)(=O)CCC(=O)Nc1ncc(Cc2ccc(C#N)cc2C(F)(F)F)s1. The zero-order valence-electron chi connectivity index (χ0n) is 14.3. The van der Waals surface area contributed by atoms with Crippen molar-refractivity contribution in [2.24, 2.45) is 0 Å². The van der Waals surface area contributed by atoms with Crippen LogP contribution < -0.4 is 5.32 Å². The van der Waals surface area contributed by atoms with Crippen LogP contribution in [0, 0.1) is 11.3 Å². The number of sulfone groups is 1. The summed E-state index contributed by atoms with van der Waals surface area (Å²) in [7, 11) is -3.51. The van der Waals surface area contributed by atoms with Gasteiger partial charge in [0.05, 0.1) is 22.9 Å². The molecule has 1 aromatic carbocycles. The molecule has 0 unspecified atom stereocenters. The molecule has 0 aliphatic heterocycles. The summed E-state index contributed by atoms with van der Waals surface area (Å²) >= 11 is 0.979. The van der Waals surface area contributed by atoms with E-state index in [-0.39, 0.29) is 29.1 Å². The van der Waals surface area contributed by atoms with Crippen LogP contribution in [-0.4, -0.2) is 25.1 Å². The van der Waals surface area contributed by atoms with Gasteiger partial charge in [-0.25, -0.2) is 13.4 Å².